The van der Waals surface area contributed by atoms with Crippen LogP contribution in [0.4, 0.5) is 0 Å². The number of nitriles is 1. The predicted molar refractivity (Wildman–Crippen MR) is 57.4 cm³/mol. The Hall–Kier alpha value is -0.710. The van der Waals surface area contributed by atoms with Crippen LogP contribution in [0.15, 0.2) is 18.2 Å². The normalized spacial score (nSPS) is 17.5. The van der Waals surface area contributed by atoms with E-state index >= 15 is 0 Å². The highest BCUT2D eigenvalue weighted by Gasteiger charge is 2.42. The van der Waals surface area contributed by atoms with Crippen LogP contribution in [-0.2, 0) is 6.42 Å². The van der Waals surface area contributed by atoms with Gasteiger partial charge in [-0.1, -0.05) is 29.3 Å². The minimum Gasteiger partial charge on any atom is -0.198 e. The molecule has 1 aliphatic rings. The molecule has 0 N–H and O–H groups in total. The number of halogens is 2. The zero-order chi connectivity index (χ0) is 10.2. The zero-order valence-electron chi connectivity index (χ0n) is 7.56. The van der Waals surface area contributed by atoms with Crippen LogP contribution >= 0.6 is 23.2 Å². The third-order valence-electron chi connectivity index (χ3n) is 2.62. The Labute approximate surface area is 93.2 Å². The number of benzene rings is 1. The van der Waals surface area contributed by atoms with Crippen molar-refractivity contribution in [3.05, 3.63) is 33.8 Å². The molecule has 1 aliphatic carbocycles. The molecule has 0 radical (unpaired) electrons. The maximum absolute atomic E-state index is 8.93. The van der Waals surface area contributed by atoms with Gasteiger partial charge < -0.3 is 0 Å². The molecule has 1 aromatic rings. The summed E-state index contributed by atoms with van der Waals surface area (Å²) >= 11 is 11.7. The first kappa shape index (κ1) is 9.83. The van der Waals surface area contributed by atoms with Crippen LogP contribution in [0.25, 0.3) is 0 Å². The second-order valence-corrected chi connectivity index (χ2v) is 4.63. The van der Waals surface area contributed by atoms with Crippen molar-refractivity contribution in [2.75, 3.05) is 0 Å². The molecule has 0 bridgehead atoms. The fourth-order valence-electron chi connectivity index (χ4n) is 1.52. The maximum atomic E-state index is 8.93. The summed E-state index contributed by atoms with van der Waals surface area (Å²) in [5, 5.41) is 10.1. The zero-order valence-corrected chi connectivity index (χ0v) is 9.07. The Morgan fingerprint density at radius 3 is 2.50 bits per heavy atom. The number of nitrogens with zero attached hydrogens (tertiary/aromatic N) is 1. The second kappa shape index (κ2) is 3.46. The summed E-state index contributed by atoms with van der Waals surface area (Å²) in [6.07, 6.45) is 2.80. The average Bonchev–Trinajstić information content (AvgIpc) is 2.93. The van der Waals surface area contributed by atoms with Gasteiger partial charge in [-0.2, -0.15) is 5.26 Å². The Balaban J connectivity index is 2.19. The lowest BCUT2D eigenvalue weighted by Gasteiger charge is -2.06. The van der Waals surface area contributed by atoms with Crippen LogP contribution in [0.2, 0.25) is 10.0 Å². The molecule has 0 unspecified atom stereocenters. The van der Waals surface area contributed by atoms with Crippen molar-refractivity contribution in [3.63, 3.8) is 0 Å². The molecule has 1 fully saturated rings. The molecule has 2 rings (SSSR count). The lowest BCUT2D eigenvalue weighted by atomic mass is 9.98. The molecule has 1 aromatic carbocycles. The SMILES string of the molecule is N#CC1(Cc2ccc(Cl)c(Cl)c2)CC1. The Morgan fingerprint density at radius 2 is 2.00 bits per heavy atom. The molecule has 0 amide bonds. The molecule has 0 aromatic heterocycles. The third kappa shape index (κ3) is 1.87. The van der Waals surface area contributed by atoms with E-state index in [4.69, 9.17) is 28.5 Å². The average molecular weight is 226 g/mol. The standard InChI is InChI=1S/C11H9Cl2N/c12-9-2-1-8(5-10(9)13)6-11(7-14)3-4-11/h1-2,5H,3-4,6H2. The van der Waals surface area contributed by atoms with Crippen LogP contribution in [0, 0.1) is 16.7 Å². The van der Waals surface area contributed by atoms with Crippen LogP contribution in [0.3, 0.4) is 0 Å². The van der Waals surface area contributed by atoms with Gasteiger partial charge in [-0.25, -0.2) is 0 Å². The number of rotatable bonds is 2. The maximum Gasteiger partial charge on any atom is 0.0693 e. The van der Waals surface area contributed by atoms with Crippen LogP contribution < -0.4 is 0 Å². The predicted octanol–water partition coefficient (Wildman–Crippen LogP) is 3.84. The van der Waals surface area contributed by atoms with Crippen molar-refractivity contribution in [2.24, 2.45) is 5.41 Å². The molecule has 0 spiro atoms. The summed E-state index contributed by atoms with van der Waals surface area (Å²) in [5.41, 5.74) is 0.982. The highest BCUT2D eigenvalue weighted by Crippen LogP contribution is 2.47. The number of hydrogen-bond acceptors (Lipinski definition) is 1. The summed E-state index contributed by atoms with van der Waals surface area (Å²) in [6, 6.07) is 7.93. The third-order valence-corrected chi connectivity index (χ3v) is 3.36. The Bertz CT molecular complexity index is 402. The van der Waals surface area contributed by atoms with E-state index in [0.717, 1.165) is 24.8 Å². The van der Waals surface area contributed by atoms with Gasteiger partial charge in [-0.05, 0) is 37.0 Å². The molecule has 0 heterocycles. The smallest absolute Gasteiger partial charge is 0.0693 e. The minimum absolute atomic E-state index is 0.114. The van der Waals surface area contributed by atoms with E-state index in [-0.39, 0.29) is 5.41 Å². The molecule has 0 atom stereocenters. The molecule has 3 heteroatoms. The van der Waals surface area contributed by atoms with E-state index < -0.39 is 0 Å². The lowest BCUT2D eigenvalue weighted by Crippen LogP contribution is -2.01. The van der Waals surface area contributed by atoms with Crippen molar-refractivity contribution in [3.8, 4) is 6.07 Å². The fraction of sp³-hybridized carbons (Fsp3) is 0.364. The van der Waals surface area contributed by atoms with E-state index in [1.165, 1.54) is 0 Å². The van der Waals surface area contributed by atoms with Crippen LogP contribution in [0.1, 0.15) is 18.4 Å². The molecule has 72 valence electrons. The number of hydrogen-bond donors (Lipinski definition) is 0. The van der Waals surface area contributed by atoms with E-state index in [2.05, 4.69) is 6.07 Å². The highest BCUT2D eigenvalue weighted by molar-refractivity contribution is 6.42. The van der Waals surface area contributed by atoms with Crippen molar-refractivity contribution in [1.29, 1.82) is 5.26 Å². The van der Waals surface area contributed by atoms with Gasteiger partial charge in [0.15, 0.2) is 0 Å². The van der Waals surface area contributed by atoms with Gasteiger partial charge in [-0.15, -0.1) is 0 Å². The Morgan fingerprint density at radius 1 is 1.29 bits per heavy atom. The van der Waals surface area contributed by atoms with Crippen LogP contribution in [-0.4, -0.2) is 0 Å². The van der Waals surface area contributed by atoms with Gasteiger partial charge >= 0.3 is 0 Å². The van der Waals surface area contributed by atoms with E-state index in [1.54, 1.807) is 6.07 Å². The van der Waals surface area contributed by atoms with Gasteiger partial charge in [0.2, 0.25) is 0 Å². The molecule has 1 nitrogen and oxygen atoms in total. The largest absolute Gasteiger partial charge is 0.198 e. The van der Waals surface area contributed by atoms with Crippen molar-refractivity contribution in [2.45, 2.75) is 19.3 Å². The molecular weight excluding hydrogens is 217 g/mol. The molecule has 1 saturated carbocycles. The van der Waals surface area contributed by atoms with Crippen LogP contribution in [0.5, 0.6) is 0 Å². The first-order valence-electron chi connectivity index (χ1n) is 4.50. The van der Waals surface area contributed by atoms with E-state index in [0.29, 0.717) is 10.0 Å². The monoisotopic (exact) mass is 225 g/mol. The lowest BCUT2D eigenvalue weighted by molar-refractivity contribution is 0.665. The Kier molecular flexibility index (Phi) is 2.43. The first-order chi connectivity index (χ1) is 6.65. The molecule has 0 saturated heterocycles. The second-order valence-electron chi connectivity index (χ2n) is 3.82. The summed E-state index contributed by atoms with van der Waals surface area (Å²) in [5.74, 6) is 0. The van der Waals surface area contributed by atoms with Gasteiger partial charge in [0.05, 0.1) is 21.5 Å². The molecule has 14 heavy (non-hydrogen) atoms. The topological polar surface area (TPSA) is 23.8 Å². The molecular formula is C11H9Cl2N. The summed E-state index contributed by atoms with van der Waals surface area (Å²) in [4.78, 5) is 0. The first-order valence-corrected chi connectivity index (χ1v) is 5.26. The van der Waals surface area contributed by atoms with Gasteiger partial charge in [0.1, 0.15) is 0 Å². The van der Waals surface area contributed by atoms with Gasteiger partial charge in [0, 0.05) is 0 Å². The fourth-order valence-corrected chi connectivity index (χ4v) is 1.84. The van der Waals surface area contributed by atoms with E-state index in [9.17, 15) is 0 Å². The summed E-state index contributed by atoms with van der Waals surface area (Å²) in [6.45, 7) is 0. The van der Waals surface area contributed by atoms with Crippen molar-refractivity contribution < 1.29 is 0 Å². The van der Waals surface area contributed by atoms with E-state index in [1.807, 2.05) is 12.1 Å². The minimum atomic E-state index is -0.114. The summed E-state index contributed by atoms with van der Waals surface area (Å²) < 4.78 is 0. The quantitative estimate of drug-likeness (QED) is 0.751. The van der Waals surface area contributed by atoms with Gasteiger partial charge in [0.25, 0.3) is 0 Å². The van der Waals surface area contributed by atoms with Crippen molar-refractivity contribution in [1.82, 2.24) is 0 Å². The molecule has 0 aliphatic heterocycles. The highest BCUT2D eigenvalue weighted by atomic mass is 35.5. The summed E-state index contributed by atoms with van der Waals surface area (Å²) in [7, 11) is 0. The van der Waals surface area contributed by atoms with Gasteiger partial charge in [-0.3, -0.25) is 0 Å². The van der Waals surface area contributed by atoms with Crippen molar-refractivity contribution >= 4 is 23.2 Å².